The number of hydrogen-bond acceptors (Lipinski definition) is 5. The van der Waals surface area contributed by atoms with Gasteiger partial charge in [0, 0.05) is 31.7 Å². The maximum absolute atomic E-state index is 13.0. The van der Waals surface area contributed by atoms with Gasteiger partial charge in [0.1, 0.15) is 0 Å². The Morgan fingerprint density at radius 1 is 1.08 bits per heavy atom. The number of carbonyl (C=O) groups excluding carboxylic acids is 1. The Kier molecular flexibility index (Phi) is 5.67. The van der Waals surface area contributed by atoms with Crippen molar-refractivity contribution in [2.75, 3.05) is 46.4 Å². The second-order valence-corrected chi connectivity index (χ2v) is 9.12. The zero-order chi connectivity index (χ0) is 18.9. The lowest BCUT2D eigenvalue weighted by atomic mass is 10.1. The Morgan fingerprint density at radius 2 is 1.69 bits per heavy atom. The van der Waals surface area contributed by atoms with Gasteiger partial charge in [0.05, 0.1) is 30.2 Å². The van der Waals surface area contributed by atoms with Crippen LogP contribution >= 0.6 is 0 Å². The lowest BCUT2D eigenvalue weighted by molar-refractivity contribution is -0.0249. The molecule has 2 fully saturated rings. The number of hydrogen-bond donors (Lipinski definition) is 0. The van der Waals surface area contributed by atoms with Gasteiger partial charge in [-0.1, -0.05) is 6.07 Å². The molecule has 2 atom stereocenters. The third-order valence-corrected chi connectivity index (χ3v) is 6.98. The van der Waals surface area contributed by atoms with Crippen LogP contribution in [0.15, 0.2) is 29.2 Å². The molecule has 2 aliphatic rings. The van der Waals surface area contributed by atoms with E-state index in [-0.39, 0.29) is 22.9 Å². The van der Waals surface area contributed by atoms with Crippen LogP contribution in [0.3, 0.4) is 0 Å². The van der Waals surface area contributed by atoms with Crippen LogP contribution in [0.2, 0.25) is 0 Å². The molecule has 0 aliphatic carbocycles. The third-order valence-electron chi connectivity index (χ3n) is 5.08. The topological polar surface area (TPSA) is 70.2 Å². The first-order chi connectivity index (χ1) is 12.3. The number of morpholine rings is 1. The summed E-state index contributed by atoms with van der Waals surface area (Å²) >= 11 is 0. The molecule has 0 spiro atoms. The van der Waals surface area contributed by atoms with Crippen molar-refractivity contribution in [1.82, 2.24) is 14.1 Å². The standard InChI is InChI=1S/C18H27N3O4S/c1-14-12-25-13-15(2)21(14)18(22)16-5-4-6-17(11-16)26(23,24)20-9-7-19(3)8-10-20/h4-6,11,14-15H,7-10,12-13H2,1-3H3/t14-,15-/m1/s1. The minimum absolute atomic E-state index is 0.0378. The Morgan fingerprint density at radius 3 is 2.31 bits per heavy atom. The van der Waals surface area contributed by atoms with Crippen LogP contribution in [0.5, 0.6) is 0 Å². The van der Waals surface area contributed by atoms with E-state index in [0.717, 1.165) is 0 Å². The summed E-state index contributed by atoms with van der Waals surface area (Å²) in [6.07, 6.45) is 0. The number of ether oxygens (including phenoxy) is 1. The quantitative estimate of drug-likeness (QED) is 0.777. The summed E-state index contributed by atoms with van der Waals surface area (Å²) in [4.78, 5) is 17.0. The molecule has 0 aromatic heterocycles. The molecular formula is C18H27N3O4S. The summed E-state index contributed by atoms with van der Waals surface area (Å²) in [7, 11) is -1.61. The third kappa shape index (κ3) is 3.78. The summed E-state index contributed by atoms with van der Waals surface area (Å²) in [5.41, 5.74) is 0.404. The Hall–Kier alpha value is -1.48. The molecule has 7 nitrogen and oxygen atoms in total. The van der Waals surface area contributed by atoms with E-state index >= 15 is 0 Å². The molecular weight excluding hydrogens is 354 g/mol. The van der Waals surface area contributed by atoms with Gasteiger partial charge < -0.3 is 14.5 Å². The molecule has 0 unspecified atom stereocenters. The second kappa shape index (κ2) is 7.64. The number of piperazine rings is 1. The van der Waals surface area contributed by atoms with Crippen molar-refractivity contribution in [3.63, 3.8) is 0 Å². The Balaban J connectivity index is 1.85. The smallest absolute Gasteiger partial charge is 0.254 e. The Labute approximate surface area is 155 Å². The molecule has 0 bridgehead atoms. The number of sulfonamides is 1. The molecule has 2 heterocycles. The minimum atomic E-state index is -3.59. The van der Waals surface area contributed by atoms with Gasteiger partial charge in [-0.2, -0.15) is 4.31 Å². The van der Waals surface area contributed by atoms with E-state index in [0.29, 0.717) is 45.0 Å². The molecule has 3 rings (SSSR count). The first kappa shape index (κ1) is 19.3. The van der Waals surface area contributed by atoms with Crippen molar-refractivity contribution in [1.29, 1.82) is 0 Å². The van der Waals surface area contributed by atoms with E-state index in [2.05, 4.69) is 4.90 Å². The van der Waals surface area contributed by atoms with E-state index in [1.165, 1.54) is 10.4 Å². The van der Waals surface area contributed by atoms with Crippen LogP contribution in [0.1, 0.15) is 24.2 Å². The highest BCUT2D eigenvalue weighted by atomic mass is 32.2. The van der Waals surface area contributed by atoms with Gasteiger partial charge in [0.15, 0.2) is 0 Å². The summed E-state index contributed by atoms with van der Waals surface area (Å²) in [5.74, 6) is -0.149. The van der Waals surface area contributed by atoms with E-state index in [9.17, 15) is 13.2 Å². The number of carbonyl (C=O) groups is 1. The van der Waals surface area contributed by atoms with Crippen LogP contribution in [0.25, 0.3) is 0 Å². The predicted octanol–water partition coefficient (Wildman–Crippen LogP) is 0.872. The number of nitrogens with zero attached hydrogens (tertiary/aromatic N) is 3. The van der Waals surface area contributed by atoms with Gasteiger partial charge >= 0.3 is 0 Å². The van der Waals surface area contributed by atoms with Gasteiger partial charge in [-0.05, 0) is 39.1 Å². The van der Waals surface area contributed by atoms with Crippen LogP contribution < -0.4 is 0 Å². The van der Waals surface area contributed by atoms with Crippen LogP contribution in [0.4, 0.5) is 0 Å². The van der Waals surface area contributed by atoms with Crippen molar-refractivity contribution in [3.05, 3.63) is 29.8 Å². The van der Waals surface area contributed by atoms with E-state index < -0.39 is 10.0 Å². The maximum Gasteiger partial charge on any atom is 0.254 e. The van der Waals surface area contributed by atoms with Crippen LogP contribution in [-0.2, 0) is 14.8 Å². The van der Waals surface area contributed by atoms with Crippen molar-refractivity contribution >= 4 is 15.9 Å². The fourth-order valence-electron chi connectivity index (χ4n) is 3.52. The molecule has 144 valence electrons. The SMILES string of the molecule is C[C@@H]1COC[C@@H](C)N1C(=O)c1cccc(S(=O)(=O)N2CCN(C)CC2)c1. The van der Waals surface area contributed by atoms with Gasteiger partial charge in [-0.3, -0.25) is 4.79 Å². The van der Waals surface area contributed by atoms with E-state index in [1.54, 1.807) is 23.1 Å². The zero-order valence-electron chi connectivity index (χ0n) is 15.6. The van der Waals surface area contributed by atoms with Crippen molar-refractivity contribution < 1.29 is 17.9 Å². The van der Waals surface area contributed by atoms with E-state index in [4.69, 9.17) is 4.74 Å². The van der Waals surface area contributed by atoms with Gasteiger partial charge in [-0.25, -0.2) is 8.42 Å². The first-order valence-electron chi connectivity index (χ1n) is 9.00. The maximum atomic E-state index is 13.0. The molecule has 1 amide bonds. The van der Waals surface area contributed by atoms with Crippen molar-refractivity contribution in [2.45, 2.75) is 30.8 Å². The predicted molar refractivity (Wildman–Crippen MR) is 98.6 cm³/mol. The number of likely N-dealkylation sites (N-methyl/N-ethyl adjacent to an activating group) is 1. The summed E-state index contributed by atoms with van der Waals surface area (Å²) in [5, 5.41) is 0. The zero-order valence-corrected chi connectivity index (χ0v) is 16.4. The average Bonchev–Trinajstić information content (AvgIpc) is 2.62. The first-order valence-corrected chi connectivity index (χ1v) is 10.4. The molecule has 0 N–H and O–H groups in total. The van der Waals surface area contributed by atoms with Crippen LogP contribution in [0, 0.1) is 0 Å². The summed E-state index contributed by atoms with van der Waals surface area (Å²) in [6.45, 7) is 7.23. The molecule has 1 aromatic rings. The normalized spacial score (nSPS) is 26.0. The minimum Gasteiger partial charge on any atom is -0.377 e. The molecule has 8 heteroatoms. The number of amides is 1. The fourth-order valence-corrected chi connectivity index (χ4v) is 4.99. The molecule has 2 aliphatic heterocycles. The molecule has 0 saturated carbocycles. The average molecular weight is 381 g/mol. The van der Waals surface area contributed by atoms with E-state index in [1.807, 2.05) is 20.9 Å². The molecule has 26 heavy (non-hydrogen) atoms. The highest BCUT2D eigenvalue weighted by Crippen LogP contribution is 2.22. The lowest BCUT2D eigenvalue weighted by Gasteiger charge is -2.39. The van der Waals surface area contributed by atoms with Crippen molar-refractivity contribution in [3.8, 4) is 0 Å². The lowest BCUT2D eigenvalue weighted by Crippen LogP contribution is -2.52. The molecule has 1 aromatic carbocycles. The summed E-state index contributed by atoms with van der Waals surface area (Å²) in [6, 6.07) is 6.32. The summed E-state index contributed by atoms with van der Waals surface area (Å²) < 4.78 is 32.8. The number of rotatable bonds is 3. The van der Waals surface area contributed by atoms with Gasteiger partial charge in [0.25, 0.3) is 5.91 Å². The highest BCUT2D eigenvalue weighted by molar-refractivity contribution is 7.89. The fraction of sp³-hybridized carbons (Fsp3) is 0.611. The molecule has 2 saturated heterocycles. The van der Waals surface area contributed by atoms with Crippen molar-refractivity contribution in [2.24, 2.45) is 0 Å². The second-order valence-electron chi connectivity index (χ2n) is 7.18. The number of benzene rings is 1. The molecule has 0 radical (unpaired) electrons. The van der Waals surface area contributed by atoms with Crippen LogP contribution in [-0.4, -0.2) is 87.0 Å². The van der Waals surface area contributed by atoms with Gasteiger partial charge in [0.2, 0.25) is 10.0 Å². The Bertz CT molecular complexity index is 749. The largest absolute Gasteiger partial charge is 0.377 e. The highest BCUT2D eigenvalue weighted by Gasteiger charge is 2.32. The monoisotopic (exact) mass is 381 g/mol. The van der Waals surface area contributed by atoms with Gasteiger partial charge in [-0.15, -0.1) is 0 Å².